The van der Waals surface area contributed by atoms with Gasteiger partial charge in [0, 0.05) is 0 Å². The minimum atomic E-state index is -0.957. The number of carboxylic acid groups (broad SMARTS) is 1. The normalized spacial score (nSPS) is 14.8. The predicted octanol–water partition coefficient (Wildman–Crippen LogP) is 2.71. The Kier molecular flexibility index (Phi) is 3.22. The molecular weight excluding hydrogens is 220 g/mol. The van der Waals surface area contributed by atoms with E-state index in [1.54, 1.807) is 6.07 Å². The van der Waals surface area contributed by atoms with Gasteiger partial charge in [0.2, 0.25) is 0 Å². The van der Waals surface area contributed by atoms with Crippen molar-refractivity contribution in [3.05, 3.63) is 23.8 Å². The third kappa shape index (κ3) is 3.12. The maximum Gasteiger partial charge on any atom is 0.335 e. The molecule has 1 aliphatic carbocycles. The third-order valence-corrected chi connectivity index (χ3v) is 2.37. The molecule has 1 aromatic carbocycles. The van der Waals surface area contributed by atoms with E-state index in [-0.39, 0.29) is 17.8 Å². The Morgan fingerprint density at radius 2 is 2.06 bits per heavy atom. The number of hydrogen-bond acceptors (Lipinski definition) is 3. The number of ether oxygens (including phenoxy) is 2. The maximum atomic E-state index is 10.9. The summed E-state index contributed by atoms with van der Waals surface area (Å²) in [5, 5.41) is 8.94. The van der Waals surface area contributed by atoms with Gasteiger partial charge in [0.15, 0.2) is 11.5 Å². The van der Waals surface area contributed by atoms with Crippen molar-refractivity contribution in [1.82, 2.24) is 0 Å². The number of aromatic carboxylic acids is 1. The molecular formula is C13H16O4. The van der Waals surface area contributed by atoms with E-state index < -0.39 is 5.97 Å². The molecule has 0 spiro atoms. The summed E-state index contributed by atoms with van der Waals surface area (Å²) in [6.45, 7) is 3.85. The zero-order valence-corrected chi connectivity index (χ0v) is 9.97. The van der Waals surface area contributed by atoms with Crippen molar-refractivity contribution in [2.24, 2.45) is 0 Å². The van der Waals surface area contributed by atoms with Crippen molar-refractivity contribution in [2.45, 2.75) is 38.9 Å². The SMILES string of the molecule is CC(C)Oc1ccc(C(=O)O)cc1OC1CC1. The van der Waals surface area contributed by atoms with Gasteiger partial charge in [0.25, 0.3) is 0 Å². The summed E-state index contributed by atoms with van der Waals surface area (Å²) in [5.41, 5.74) is 0.219. The van der Waals surface area contributed by atoms with Gasteiger partial charge in [-0.15, -0.1) is 0 Å². The summed E-state index contributed by atoms with van der Waals surface area (Å²) in [7, 11) is 0. The second kappa shape index (κ2) is 4.65. The first-order valence-electron chi connectivity index (χ1n) is 5.77. The van der Waals surface area contributed by atoms with Crippen LogP contribution in [-0.4, -0.2) is 23.3 Å². The zero-order chi connectivity index (χ0) is 12.4. The number of benzene rings is 1. The quantitative estimate of drug-likeness (QED) is 0.854. The highest BCUT2D eigenvalue weighted by atomic mass is 16.5. The number of carbonyl (C=O) groups is 1. The summed E-state index contributed by atoms with van der Waals surface area (Å²) in [4.78, 5) is 10.9. The minimum absolute atomic E-state index is 0.0345. The van der Waals surface area contributed by atoms with Gasteiger partial charge in [-0.1, -0.05) is 0 Å². The number of carboxylic acids is 1. The van der Waals surface area contributed by atoms with E-state index in [4.69, 9.17) is 14.6 Å². The fourth-order valence-electron chi connectivity index (χ4n) is 1.45. The molecule has 1 saturated carbocycles. The second-order valence-electron chi connectivity index (χ2n) is 4.45. The molecule has 0 aromatic heterocycles. The lowest BCUT2D eigenvalue weighted by Gasteiger charge is -2.15. The van der Waals surface area contributed by atoms with E-state index in [1.807, 2.05) is 13.8 Å². The Balaban J connectivity index is 2.25. The van der Waals surface area contributed by atoms with Crippen LogP contribution in [0.2, 0.25) is 0 Å². The Morgan fingerprint density at radius 3 is 2.59 bits per heavy atom. The van der Waals surface area contributed by atoms with Crippen LogP contribution in [0, 0.1) is 0 Å². The molecule has 1 aliphatic rings. The van der Waals surface area contributed by atoms with E-state index >= 15 is 0 Å². The topological polar surface area (TPSA) is 55.8 Å². The monoisotopic (exact) mass is 236 g/mol. The zero-order valence-electron chi connectivity index (χ0n) is 9.97. The summed E-state index contributed by atoms with van der Waals surface area (Å²) in [5.74, 6) is 0.180. The van der Waals surface area contributed by atoms with Gasteiger partial charge in [-0.2, -0.15) is 0 Å². The molecule has 0 heterocycles. The van der Waals surface area contributed by atoms with Crippen molar-refractivity contribution in [1.29, 1.82) is 0 Å². The van der Waals surface area contributed by atoms with Crippen LogP contribution in [0.5, 0.6) is 11.5 Å². The Bertz CT molecular complexity index is 421. The van der Waals surface area contributed by atoms with E-state index in [0.29, 0.717) is 11.5 Å². The molecule has 0 radical (unpaired) electrons. The van der Waals surface area contributed by atoms with Crippen LogP contribution in [0.25, 0.3) is 0 Å². The number of rotatable bonds is 5. The lowest BCUT2D eigenvalue weighted by Crippen LogP contribution is -2.09. The fourth-order valence-corrected chi connectivity index (χ4v) is 1.45. The van der Waals surface area contributed by atoms with Gasteiger partial charge in [-0.05, 0) is 44.9 Å². The standard InChI is InChI=1S/C13H16O4/c1-8(2)16-11-6-3-9(13(14)15)7-12(11)17-10-4-5-10/h3,6-8,10H,4-5H2,1-2H3,(H,14,15). The molecule has 0 bridgehead atoms. The summed E-state index contributed by atoms with van der Waals surface area (Å²) >= 11 is 0. The predicted molar refractivity (Wildman–Crippen MR) is 62.8 cm³/mol. The van der Waals surface area contributed by atoms with Crippen molar-refractivity contribution in [3.8, 4) is 11.5 Å². The maximum absolute atomic E-state index is 10.9. The minimum Gasteiger partial charge on any atom is -0.487 e. The summed E-state index contributed by atoms with van der Waals surface area (Å²) in [6, 6.07) is 4.71. The summed E-state index contributed by atoms with van der Waals surface area (Å²) in [6.07, 6.45) is 2.30. The Morgan fingerprint density at radius 1 is 1.35 bits per heavy atom. The van der Waals surface area contributed by atoms with E-state index in [0.717, 1.165) is 12.8 Å². The van der Waals surface area contributed by atoms with Crippen LogP contribution < -0.4 is 9.47 Å². The molecule has 4 heteroatoms. The first-order valence-corrected chi connectivity index (χ1v) is 5.77. The Hall–Kier alpha value is -1.71. The molecule has 0 amide bonds. The average Bonchev–Trinajstić information content (AvgIpc) is 3.03. The highest BCUT2D eigenvalue weighted by Gasteiger charge is 2.25. The van der Waals surface area contributed by atoms with Crippen molar-refractivity contribution >= 4 is 5.97 Å². The van der Waals surface area contributed by atoms with Crippen molar-refractivity contribution in [2.75, 3.05) is 0 Å². The van der Waals surface area contributed by atoms with Gasteiger partial charge < -0.3 is 14.6 Å². The first-order chi connectivity index (χ1) is 8.06. The van der Waals surface area contributed by atoms with Crippen LogP contribution in [0.15, 0.2) is 18.2 Å². The van der Waals surface area contributed by atoms with Crippen molar-refractivity contribution in [3.63, 3.8) is 0 Å². The first kappa shape index (κ1) is 11.8. The third-order valence-electron chi connectivity index (χ3n) is 2.37. The van der Waals surface area contributed by atoms with Gasteiger partial charge in [0.05, 0.1) is 17.8 Å². The molecule has 1 aromatic rings. The van der Waals surface area contributed by atoms with Crippen LogP contribution in [0.1, 0.15) is 37.0 Å². The highest BCUT2D eigenvalue weighted by molar-refractivity contribution is 5.88. The van der Waals surface area contributed by atoms with Crippen LogP contribution in [0.4, 0.5) is 0 Å². The van der Waals surface area contributed by atoms with Gasteiger partial charge in [-0.25, -0.2) is 4.79 Å². The lowest BCUT2D eigenvalue weighted by atomic mass is 10.2. The smallest absolute Gasteiger partial charge is 0.335 e. The largest absolute Gasteiger partial charge is 0.487 e. The molecule has 1 N–H and O–H groups in total. The molecule has 1 fully saturated rings. The van der Waals surface area contributed by atoms with Gasteiger partial charge in [-0.3, -0.25) is 0 Å². The lowest BCUT2D eigenvalue weighted by molar-refractivity contribution is 0.0696. The fraction of sp³-hybridized carbons (Fsp3) is 0.462. The Labute approximate surface area is 100 Å². The molecule has 4 nitrogen and oxygen atoms in total. The number of hydrogen-bond donors (Lipinski definition) is 1. The van der Waals surface area contributed by atoms with E-state index in [1.165, 1.54) is 12.1 Å². The highest BCUT2D eigenvalue weighted by Crippen LogP contribution is 2.34. The summed E-state index contributed by atoms with van der Waals surface area (Å²) < 4.78 is 11.3. The second-order valence-corrected chi connectivity index (χ2v) is 4.45. The molecule has 0 saturated heterocycles. The van der Waals surface area contributed by atoms with Crippen LogP contribution in [-0.2, 0) is 0 Å². The van der Waals surface area contributed by atoms with Crippen molar-refractivity contribution < 1.29 is 19.4 Å². The van der Waals surface area contributed by atoms with Crippen LogP contribution in [0.3, 0.4) is 0 Å². The van der Waals surface area contributed by atoms with E-state index in [9.17, 15) is 4.79 Å². The molecule has 0 atom stereocenters. The molecule has 17 heavy (non-hydrogen) atoms. The van der Waals surface area contributed by atoms with Crippen LogP contribution >= 0.6 is 0 Å². The molecule has 92 valence electrons. The average molecular weight is 236 g/mol. The van der Waals surface area contributed by atoms with Gasteiger partial charge >= 0.3 is 5.97 Å². The molecule has 0 aliphatic heterocycles. The molecule has 2 rings (SSSR count). The molecule has 0 unspecified atom stereocenters. The van der Waals surface area contributed by atoms with E-state index in [2.05, 4.69) is 0 Å². The van der Waals surface area contributed by atoms with Gasteiger partial charge in [0.1, 0.15) is 0 Å².